The molecule has 0 aromatic carbocycles. The Morgan fingerprint density at radius 2 is 1.07 bits per heavy atom. The molecule has 0 spiro atoms. The molecule has 0 unspecified atom stereocenters. The molecule has 0 atom stereocenters. The lowest BCUT2D eigenvalue weighted by molar-refractivity contribution is -0.370. The zero-order valence-corrected chi connectivity index (χ0v) is 8.40. The van der Waals surface area contributed by atoms with E-state index in [9.17, 15) is 35.1 Å². The van der Waals surface area contributed by atoms with E-state index in [2.05, 4.69) is 4.74 Å². The minimum atomic E-state index is -6.26. The standard InChI is InChI=1S/C5H3BrF8O/c1-15-5(13,14)2(6,3(7,8)9)4(10,11)12/h1H3. The van der Waals surface area contributed by atoms with E-state index in [1.165, 1.54) is 0 Å². The topological polar surface area (TPSA) is 9.23 Å². The first-order valence-corrected chi connectivity index (χ1v) is 3.86. The van der Waals surface area contributed by atoms with Crippen molar-refractivity contribution >= 4 is 15.9 Å². The fraction of sp³-hybridized carbons (Fsp3) is 1.00. The molecule has 0 amide bonds. The van der Waals surface area contributed by atoms with Crippen LogP contribution < -0.4 is 0 Å². The van der Waals surface area contributed by atoms with Gasteiger partial charge in [-0.3, -0.25) is 0 Å². The number of halogens is 9. The molecule has 0 N–H and O–H groups in total. The van der Waals surface area contributed by atoms with Crippen LogP contribution in [0.15, 0.2) is 0 Å². The largest absolute Gasteiger partial charge is 0.421 e. The molecule has 0 radical (unpaired) electrons. The lowest BCUT2D eigenvalue weighted by atomic mass is 10.1. The molecule has 0 aliphatic carbocycles. The molecule has 0 heterocycles. The average Bonchev–Trinajstić information content (AvgIpc) is 1.98. The summed E-state index contributed by atoms with van der Waals surface area (Å²) in [5.41, 5.74) is 0. The molecule has 0 aromatic rings. The second kappa shape index (κ2) is 3.72. The third-order valence-electron chi connectivity index (χ3n) is 1.44. The number of alkyl halides is 9. The van der Waals surface area contributed by atoms with Crippen LogP contribution in [-0.2, 0) is 4.74 Å². The number of rotatable bonds is 2. The average molecular weight is 311 g/mol. The third kappa shape index (κ3) is 2.19. The van der Waals surface area contributed by atoms with Gasteiger partial charge in [0.05, 0.1) is 0 Å². The lowest BCUT2D eigenvalue weighted by Gasteiger charge is -2.36. The first-order valence-electron chi connectivity index (χ1n) is 3.06. The van der Waals surface area contributed by atoms with Gasteiger partial charge < -0.3 is 4.74 Å². The molecule has 0 aliphatic rings. The Balaban J connectivity index is 5.65. The van der Waals surface area contributed by atoms with Crippen molar-refractivity contribution in [2.45, 2.75) is 22.8 Å². The van der Waals surface area contributed by atoms with Gasteiger partial charge in [0, 0.05) is 7.11 Å². The van der Waals surface area contributed by atoms with Crippen molar-refractivity contribution in [1.82, 2.24) is 0 Å². The normalized spacial score (nSPS) is 15.6. The van der Waals surface area contributed by atoms with Crippen molar-refractivity contribution in [2.24, 2.45) is 0 Å². The maximum absolute atomic E-state index is 12.5. The minimum absolute atomic E-state index is 0.0352. The predicted molar refractivity (Wildman–Crippen MR) is 35.7 cm³/mol. The molecule has 0 fully saturated rings. The quantitative estimate of drug-likeness (QED) is 0.560. The minimum Gasteiger partial charge on any atom is -0.322 e. The number of methoxy groups -OCH3 is 1. The van der Waals surface area contributed by atoms with Crippen molar-refractivity contribution in [1.29, 1.82) is 0 Å². The molecule has 0 aromatic heterocycles. The fourth-order valence-corrected chi connectivity index (χ4v) is 0.793. The van der Waals surface area contributed by atoms with E-state index in [0.717, 1.165) is 15.9 Å². The highest BCUT2D eigenvalue weighted by molar-refractivity contribution is 9.10. The Kier molecular flexibility index (Phi) is 3.69. The van der Waals surface area contributed by atoms with Crippen molar-refractivity contribution in [2.75, 3.05) is 7.11 Å². The van der Waals surface area contributed by atoms with E-state index in [-0.39, 0.29) is 7.11 Å². The van der Waals surface area contributed by atoms with Gasteiger partial charge in [-0.05, 0) is 0 Å². The maximum Gasteiger partial charge on any atom is 0.421 e. The summed E-state index contributed by atoms with van der Waals surface area (Å²) in [4.78, 5) is 0. The lowest BCUT2D eigenvalue weighted by Crippen LogP contribution is -2.63. The molecule has 0 saturated heterocycles. The Hall–Kier alpha value is -0.120. The Morgan fingerprint density at radius 1 is 0.800 bits per heavy atom. The first kappa shape index (κ1) is 14.9. The number of ether oxygens (including phenoxy) is 1. The summed E-state index contributed by atoms with van der Waals surface area (Å²) in [6.45, 7) is 0. The van der Waals surface area contributed by atoms with Crippen molar-refractivity contribution < 1.29 is 39.9 Å². The highest BCUT2D eigenvalue weighted by Crippen LogP contribution is 2.57. The van der Waals surface area contributed by atoms with Gasteiger partial charge in [-0.1, -0.05) is 15.9 Å². The van der Waals surface area contributed by atoms with E-state index in [1.54, 1.807) is 0 Å². The van der Waals surface area contributed by atoms with E-state index in [4.69, 9.17) is 0 Å². The van der Waals surface area contributed by atoms with E-state index < -0.39 is 22.8 Å². The molecule has 0 saturated carbocycles. The second-order valence-corrected chi connectivity index (χ2v) is 3.56. The van der Waals surface area contributed by atoms with Crippen LogP contribution in [-0.4, -0.2) is 29.9 Å². The van der Waals surface area contributed by atoms with Crippen LogP contribution >= 0.6 is 15.9 Å². The van der Waals surface area contributed by atoms with Gasteiger partial charge in [-0.25, -0.2) is 0 Å². The van der Waals surface area contributed by atoms with Gasteiger partial charge in [-0.2, -0.15) is 35.1 Å². The zero-order chi connectivity index (χ0) is 12.7. The third-order valence-corrected chi connectivity index (χ3v) is 2.80. The molecule has 92 valence electrons. The summed E-state index contributed by atoms with van der Waals surface area (Å²) in [7, 11) is 0.0352. The predicted octanol–water partition coefficient (Wildman–Crippen LogP) is 3.48. The summed E-state index contributed by atoms with van der Waals surface area (Å²) >= 11 is 0.983. The SMILES string of the molecule is COC(F)(F)C(Br)(C(F)(F)F)C(F)(F)F. The van der Waals surface area contributed by atoms with E-state index in [0.29, 0.717) is 0 Å². The molecule has 0 rings (SSSR count). The van der Waals surface area contributed by atoms with Crippen molar-refractivity contribution in [3.63, 3.8) is 0 Å². The Morgan fingerprint density at radius 3 is 1.13 bits per heavy atom. The van der Waals surface area contributed by atoms with Crippen LogP contribution in [0, 0.1) is 0 Å². The van der Waals surface area contributed by atoms with Gasteiger partial charge in [0.15, 0.2) is 0 Å². The maximum atomic E-state index is 12.5. The van der Waals surface area contributed by atoms with Gasteiger partial charge in [0.1, 0.15) is 0 Å². The molecule has 10 heteroatoms. The Labute approximate surface area is 86.5 Å². The fourth-order valence-electron chi connectivity index (χ4n) is 0.631. The van der Waals surface area contributed by atoms with E-state index >= 15 is 0 Å². The van der Waals surface area contributed by atoms with Gasteiger partial charge >= 0.3 is 22.8 Å². The van der Waals surface area contributed by atoms with Crippen molar-refractivity contribution in [3.05, 3.63) is 0 Å². The van der Waals surface area contributed by atoms with E-state index in [1.807, 2.05) is 0 Å². The summed E-state index contributed by atoms with van der Waals surface area (Å²) in [6.07, 6.45) is -18.0. The molecule has 15 heavy (non-hydrogen) atoms. The summed E-state index contributed by atoms with van der Waals surface area (Å²) in [5, 5.41) is 0. The van der Waals surface area contributed by atoms with Crippen molar-refractivity contribution in [3.8, 4) is 0 Å². The molecular formula is C5H3BrF8O. The summed E-state index contributed by atoms with van der Waals surface area (Å²) < 4.78 is 94.2. The molecule has 0 aliphatic heterocycles. The summed E-state index contributed by atoms with van der Waals surface area (Å²) in [5.74, 6) is 0. The Bertz CT molecular complexity index is 216. The molecular weight excluding hydrogens is 308 g/mol. The number of hydrogen-bond acceptors (Lipinski definition) is 1. The van der Waals surface area contributed by atoms with Crippen LogP contribution in [0.4, 0.5) is 35.1 Å². The summed E-state index contributed by atoms with van der Waals surface area (Å²) in [6, 6.07) is 0. The van der Waals surface area contributed by atoms with Crippen LogP contribution in [0.5, 0.6) is 0 Å². The molecule has 1 nitrogen and oxygen atoms in total. The number of hydrogen-bond donors (Lipinski definition) is 0. The van der Waals surface area contributed by atoms with Crippen LogP contribution in [0.3, 0.4) is 0 Å². The van der Waals surface area contributed by atoms with Gasteiger partial charge in [0.25, 0.3) is 0 Å². The smallest absolute Gasteiger partial charge is 0.322 e. The van der Waals surface area contributed by atoms with Crippen LogP contribution in [0.2, 0.25) is 0 Å². The van der Waals surface area contributed by atoms with Gasteiger partial charge in [0.2, 0.25) is 0 Å². The van der Waals surface area contributed by atoms with Crippen LogP contribution in [0.1, 0.15) is 0 Å². The van der Waals surface area contributed by atoms with Gasteiger partial charge in [-0.15, -0.1) is 0 Å². The highest BCUT2D eigenvalue weighted by Gasteiger charge is 2.82. The van der Waals surface area contributed by atoms with Crippen LogP contribution in [0.25, 0.3) is 0 Å². The second-order valence-electron chi connectivity index (χ2n) is 2.37. The monoisotopic (exact) mass is 310 g/mol. The molecule has 0 bridgehead atoms. The zero-order valence-electron chi connectivity index (χ0n) is 6.81. The highest BCUT2D eigenvalue weighted by atomic mass is 79.9. The first-order chi connectivity index (χ1) is 6.31.